The number of aromatic carboxylic acids is 1. The Labute approximate surface area is 144 Å². The second-order valence-electron chi connectivity index (χ2n) is 4.94. The van der Waals surface area contributed by atoms with E-state index in [9.17, 15) is 26.0 Å². The van der Waals surface area contributed by atoms with Crippen molar-refractivity contribution >= 4 is 43.1 Å². The van der Waals surface area contributed by atoms with Crippen LogP contribution >= 0.6 is 11.6 Å². The summed E-state index contributed by atoms with van der Waals surface area (Å²) < 4.78 is 63.1. The normalized spacial score (nSPS) is 13.5. The Morgan fingerprint density at radius 1 is 1.29 bits per heavy atom. The Kier molecular flexibility index (Phi) is 6.59. The minimum absolute atomic E-state index is 0.229. The van der Waals surface area contributed by atoms with Gasteiger partial charge in [-0.1, -0.05) is 25.4 Å². The number of sulfonamides is 1. The van der Waals surface area contributed by atoms with E-state index in [0.29, 0.717) is 0 Å². The van der Waals surface area contributed by atoms with Crippen molar-refractivity contribution in [2.24, 2.45) is 0 Å². The molecule has 1 aromatic rings. The lowest BCUT2D eigenvalue weighted by molar-refractivity contribution is 0.0692. The lowest BCUT2D eigenvalue weighted by Crippen LogP contribution is -2.36. The van der Waals surface area contributed by atoms with Gasteiger partial charge in [0.1, 0.15) is 5.56 Å². The molecule has 0 spiro atoms. The number of sulfone groups is 1. The molecule has 0 fully saturated rings. The summed E-state index contributed by atoms with van der Waals surface area (Å²) in [5.41, 5.74) is -1.58. The fraction of sp³-hybridized carbons (Fsp3) is 0.462. The van der Waals surface area contributed by atoms with Gasteiger partial charge in [0.05, 0.1) is 16.5 Å². The summed E-state index contributed by atoms with van der Waals surface area (Å²) in [6.45, 7) is 2.96. The number of halogens is 2. The average Bonchev–Trinajstić information content (AvgIpc) is 2.41. The lowest BCUT2D eigenvalue weighted by Gasteiger charge is -2.18. The van der Waals surface area contributed by atoms with E-state index in [4.69, 9.17) is 16.7 Å². The molecule has 0 bridgehead atoms. The highest BCUT2D eigenvalue weighted by Gasteiger charge is 2.36. The molecule has 0 saturated carbocycles. The minimum atomic E-state index is -4.50. The van der Waals surface area contributed by atoms with Crippen molar-refractivity contribution in [1.82, 2.24) is 0 Å². The van der Waals surface area contributed by atoms with Gasteiger partial charge in [-0.2, -0.15) is 0 Å². The first-order valence-electron chi connectivity index (χ1n) is 6.92. The second-order valence-corrected chi connectivity index (χ2v) is 9.81. The van der Waals surface area contributed by atoms with Crippen molar-refractivity contribution in [3.05, 3.63) is 28.5 Å². The number of hydrogen-bond donors (Lipinski definition) is 2. The smallest absolute Gasteiger partial charge is 0.340 e. The van der Waals surface area contributed by atoms with E-state index in [0.717, 1.165) is 12.1 Å². The highest BCUT2D eigenvalue weighted by molar-refractivity contribution is 8.09. The van der Waals surface area contributed by atoms with Crippen molar-refractivity contribution in [3.63, 3.8) is 0 Å². The molecule has 0 aliphatic carbocycles. The number of carbonyl (C=O) groups is 1. The molecule has 1 rings (SSSR count). The number of rotatable bonds is 8. The summed E-state index contributed by atoms with van der Waals surface area (Å²) in [5.74, 6) is -3.40. The van der Waals surface area contributed by atoms with Crippen LogP contribution in [-0.4, -0.2) is 38.2 Å². The van der Waals surface area contributed by atoms with E-state index in [1.807, 2.05) is 4.72 Å². The summed E-state index contributed by atoms with van der Waals surface area (Å²) in [6.07, 6.45) is -0.00845. The van der Waals surface area contributed by atoms with E-state index in [1.54, 1.807) is 6.92 Å². The van der Waals surface area contributed by atoms with Crippen LogP contribution in [0.1, 0.15) is 37.0 Å². The molecule has 0 aliphatic heterocycles. The predicted octanol–water partition coefficient (Wildman–Crippen LogP) is 2.48. The molecule has 0 heterocycles. The molecule has 136 valence electrons. The Balaban J connectivity index is 3.34. The highest BCUT2D eigenvalue weighted by atomic mass is 35.5. The van der Waals surface area contributed by atoms with Gasteiger partial charge in [-0.05, 0) is 25.0 Å². The number of hydrogen-bond acceptors (Lipinski definition) is 5. The Morgan fingerprint density at radius 2 is 1.88 bits per heavy atom. The van der Waals surface area contributed by atoms with Crippen molar-refractivity contribution in [3.8, 4) is 0 Å². The van der Waals surface area contributed by atoms with Gasteiger partial charge in [0.2, 0.25) is 10.0 Å². The van der Waals surface area contributed by atoms with Gasteiger partial charge in [-0.15, -0.1) is 0 Å². The van der Waals surface area contributed by atoms with Gasteiger partial charge in [-0.3, -0.25) is 4.72 Å². The SMILES string of the molecule is CCCS(=O)(=O)C(CC)S(=O)(=O)Nc1ccc(Cl)c(C(=O)O)c1F. The van der Waals surface area contributed by atoms with Gasteiger partial charge < -0.3 is 5.11 Å². The second kappa shape index (κ2) is 7.66. The first-order valence-corrected chi connectivity index (χ1v) is 10.6. The van der Waals surface area contributed by atoms with Crippen LogP contribution in [0, 0.1) is 5.82 Å². The third-order valence-corrected chi connectivity index (χ3v) is 8.72. The standard InChI is InChI=1S/C13H17ClFNO6S2/c1-3-7-23(19,20)10(4-2)24(21,22)16-9-6-5-8(14)11(12(9)15)13(17)18/h5-6,10,16H,3-4,7H2,1-2H3,(H,17,18). The van der Waals surface area contributed by atoms with E-state index < -0.39 is 52.5 Å². The molecule has 0 saturated heterocycles. The molecule has 1 atom stereocenters. The zero-order chi connectivity index (χ0) is 18.7. The molecule has 11 heteroatoms. The molecule has 0 aliphatic rings. The molecule has 0 radical (unpaired) electrons. The van der Waals surface area contributed by atoms with Crippen LogP contribution in [0.2, 0.25) is 5.02 Å². The topological polar surface area (TPSA) is 118 Å². The van der Waals surface area contributed by atoms with Gasteiger partial charge in [0.25, 0.3) is 0 Å². The van der Waals surface area contributed by atoms with Gasteiger partial charge in [-0.25, -0.2) is 26.0 Å². The lowest BCUT2D eigenvalue weighted by atomic mass is 10.2. The highest BCUT2D eigenvalue weighted by Crippen LogP contribution is 2.28. The maximum atomic E-state index is 14.2. The van der Waals surface area contributed by atoms with Crippen LogP contribution in [-0.2, 0) is 19.9 Å². The van der Waals surface area contributed by atoms with Crippen LogP contribution in [0.3, 0.4) is 0 Å². The van der Waals surface area contributed by atoms with Crippen molar-refractivity contribution < 1.29 is 31.1 Å². The largest absolute Gasteiger partial charge is 0.478 e. The predicted molar refractivity (Wildman–Crippen MR) is 89.1 cm³/mol. The first kappa shape index (κ1) is 20.7. The number of carboxylic acids is 1. The first-order chi connectivity index (χ1) is 11.0. The summed E-state index contributed by atoms with van der Waals surface area (Å²) in [7, 11) is -8.46. The van der Waals surface area contributed by atoms with E-state index in [1.165, 1.54) is 6.92 Å². The number of nitrogens with one attached hydrogen (secondary N) is 1. The third-order valence-electron chi connectivity index (χ3n) is 3.13. The van der Waals surface area contributed by atoms with Gasteiger partial charge >= 0.3 is 5.97 Å². The molecule has 0 amide bonds. The molecular weight excluding hydrogens is 385 g/mol. The third kappa shape index (κ3) is 4.37. The Bertz CT molecular complexity index is 838. The summed E-state index contributed by atoms with van der Waals surface area (Å²) in [6, 6.07) is 1.94. The number of anilines is 1. The molecule has 1 unspecified atom stereocenters. The molecular formula is C13H17ClFNO6S2. The van der Waals surface area contributed by atoms with Crippen LogP contribution in [0.5, 0.6) is 0 Å². The monoisotopic (exact) mass is 401 g/mol. The quantitative estimate of drug-likeness (QED) is 0.690. The van der Waals surface area contributed by atoms with E-state index >= 15 is 0 Å². The van der Waals surface area contributed by atoms with Crippen molar-refractivity contribution in [2.75, 3.05) is 10.5 Å². The number of carboxylic acid groups (broad SMARTS) is 1. The van der Waals surface area contributed by atoms with Gasteiger partial charge in [0.15, 0.2) is 20.2 Å². The summed E-state index contributed by atoms with van der Waals surface area (Å²) in [4.78, 5) is 11.0. The molecule has 0 aromatic heterocycles. The van der Waals surface area contributed by atoms with Crippen LogP contribution < -0.4 is 4.72 Å². The molecule has 7 nitrogen and oxygen atoms in total. The summed E-state index contributed by atoms with van der Waals surface area (Å²) in [5, 5.41) is 8.52. The van der Waals surface area contributed by atoms with Crippen LogP contribution in [0.15, 0.2) is 12.1 Å². The van der Waals surface area contributed by atoms with Crippen LogP contribution in [0.4, 0.5) is 10.1 Å². The number of benzene rings is 1. The maximum Gasteiger partial charge on any atom is 0.340 e. The molecule has 2 N–H and O–H groups in total. The van der Waals surface area contributed by atoms with Gasteiger partial charge in [0, 0.05) is 0 Å². The Morgan fingerprint density at radius 3 is 2.33 bits per heavy atom. The molecule has 1 aromatic carbocycles. The van der Waals surface area contributed by atoms with Crippen molar-refractivity contribution in [1.29, 1.82) is 0 Å². The zero-order valence-corrected chi connectivity index (χ0v) is 15.3. The Hall–Kier alpha value is -1.39. The van der Waals surface area contributed by atoms with E-state index in [2.05, 4.69) is 0 Å². The van der Waals surface area contributed by atoms with Crippen molar-refractivity contribution in [2.45, 2.75) is 31.3 Å². The zero-order valence-electron chi connectivity index (χ0n) is 12.9. The minimum Gasteiger partial charge on any atom is -0.478 e. The fourth-order valence-electron chi connectivity index (χ4n) is 2.13. The maximum absolute atomic E-state index is 14.2. The fourth-order valence-corrected chi connectivity index (χ4v) is 6.71. The summed E-state index contributed by atoms with van der Waals surface area (Å²) >= 11 is 5.58. The molecule has 24 heavy (non-hydrogen) atoms. The van der Waals surface area contributed by atoms with E-state index in [-0.39, 0.29) is 18.6 Å². The average molecular weight is 402 g/mol. The van der Waals surface area contributed by atoms with Crippen LogP contribution in [0.25, 0.3) is 0 Å².